The molecular weight excluding hydrogens is 805 g/mol. The van der Waals surface area contributed by atoms with Gasteiger partial charge >= 0.3 is 0 Å². The minimum Gasteiger partial charge on any atom is -0.507 e. The molecule has 1 aliphatic rings. The Balaban J connectivity index is 0.921. The molecule has 0 heterocycles. The summed E-state index contributed by atoms with van der Waals surface area (Å²) in [5.41, 5.74) is 10.6. The molecule has 0 radical (unpaired) electrons. The van der Waals surface area contributed by atoms with Crippen molar-refractivity contribution < 1.29 is 10.2 Å². The highest BCUT2D eigenvalue weighted by Gasteiger charge is 2.27. The maximum Gasteiger partial charge on any atom is 0.128 e. The van der Waals surface area contributed by atoms with Gasteiger partial charge in [0.05, 0.1) is 0 Å². The molecule has 324 valence electrons. The van der Waals surface area contributed by atoms with Gasteiger partial charge in [-0.25, -0.2) is 0 Å². The van der Waals surface area contributed by atoms with Crippen LogP contribution < -0.4 is 10.6 Å². The normalized spacial score (nSPS) is 15.2. The van der Waals surface area contributed by atoms with E-state index in [-0.39, 0.29) is 12.1 Å². The maximum atomic E-state index is 12.6. The summed E-state index contributed by atoms with van der Waals surface area (Å²) in [6, 6.07) is 68.9. The van der Waals surface area contributed by atoms with Crippen LogP contribution in [0.4, 0.5) is 0 Å². The summed E-state index contributed by atoms with van der Waals surface area (Å²) >= 11 is 0. The lowest BCUT2D eigenvalue weighted by molar-refractivity contribution is 0.279. The highest BCUT2D eigenvalue weighted by molar-refractivity contribution is 6.10. The highest BCUT2D eigenvalue weighted by Crippen LogP contribution is 2.46. The Hall–Kier alpha value is -7.24. The van der Waals surface area contributed by atoms with E-state index in [0.717, 1.165) is 115 Å². The van der Waals surface area contributed by atoms with Crippen LogP contribution >= 0.6 is 0 Å². The summed E-state index contributed by atoms with van der Waals surface area (Å²) in [6.45, 7) is 1.06. The van der Waals surface area contributed by atoms with Crippen molar-refractivity contribution in [1.82, 2.24) is 10.6 Å². The molecule has 4 nitrogen and oxygen atoms in total. The first-order valence-electron chi connectivity index (χ1n) is 23.6. The van der Waals surface area contributed by atoms with E-state index in [2.05, 4.69) is 205 Å². The van der Waals surface area contributed by atoms with Crippen LogP contribution in [0.5, 0.6) is 11.5 Å². The molecule has 10 aromatic rings. The first kappa shape index (κ1) is 41.5. The summed E-state index contributed by atoms with van der Waals surface area (Å²) in [5, 5.41) is 41.9. The second-order valence-corrected chi connectivity index (χ2v) is 18.2. The van der Waals surface area contributed by atoms with E-state index >= 15 is 0 Å². The van der Waals surface area contributed by atoms with Crippen molar-refractivity contribution in [2.75, 3.05) is 0 Å². The largest absolute Gasteiger partial charge is 0.507 e. The Morgan fingerprint density at radius 3 is 1.11 bits per heavy atom. The number of fused-ring (bicyclic) bond motifs is 4. The van der Waals surface area contributed by atoms with Crippen LogP contribution in [-0.2, 0) is 25.9 Å². The molecule has 11 rings (SSSR count). The Morgan fingerprint density at radius 1 is 0.348 bits per heavy atom. The molecule has 0 amide bonds. The number of hydrogen-bond acceptors (Lipinski definition) is 4. The summed E-state index contributed by atoms with van der Waals surface area (Å²) in [6.07, 6.45) is 5.85. The van der Waals surface area contributed by atoms with Crippen molar-refractivity contribution in [1.29, 1.82) is 0 Å². The van der Waals surface area contributed by atoms with Crippen LogP contribution in [0.1, 0.15) is 59.1 Å². The zero-order valence-electron chi connectivity index (χ0n) is 37.2. The average Bonchev–Trinajstić information content (AvgIpc) is 3.36. The molecule has 0 spiro atoms. The van der Waals surface area contributed by atoms with Crippen LogP contribution in [0.25, 0.3) is 65.3 Å². The molecule has 2 unspecified atom stereocenters. The van der Waals surface area contributed by atoms with Crippen LogP contribution in [0.15, 0.2) is 194 Å². The molecule has 0 saturated heterocycles. The molecule has 4 N–H and O–H groups in total. The predicted octanol–water partition coefficient (Wildman–Crippen LogP) is 14.4. The lowest BCUT2D eigenvalue weighted by Gasteiger charge is -2.33. The molecule has 4 heteroatoms. The maximum absolute atomic E-state index is 12.6. The van der Waals surface area contributed by atoms with E-state index in [1.165, 1.54) is 22.3 Å². The minimum absolute atomic E-state index is 0.178. The van der Waals surface area contributed by atoms with Crippen LogP contribution in [0.3, 0.4) is 0 Å². The molecular formula is C62H54N2O2. The fourth-order valence-electron chi connectivity index (χ4n) is 10.8. The third kappa shape index (κ3) is 8.08. The van der Waals surface area contributed by atoms with E-state index in [1.54, 1.807) is 0 Å². The van der Waals surface area contributed by atoms with Crippen molar-refractivity contribution >= 4 is 43.1 Å². The third-order valence-corrected chi connectivity index (χ3v) is 14.1. The summed E-state index contributed by atoms with van der Waals surface area (Å²) in [7, 11) is 0. The Labute approximate surface area is 387 Å². The quantitative estimate of drug-likeness (QED) is 0.0988. The van der Waals surface area contributed by atoms with Gasteiger partial charge in [-0.05, 0) is 114 Å². The standard InChI is InChI=1S/C62H54N2O2/c65-61-49(37-45-23-9-13-27-53(45)59(61)57-47(35-41-17-3-1-4-18-41)33-31-43-21-7-11-25-51(43)57)39-63-55-29-15-16-30-56(55)64-40-50-38-46-24-10-14-28-54(46)60(62(50)66)58-48(36-42-19-5-2-6-20-42)34-32-44-22-8-12-26-52(44)58/h1-14,17-28,31-34,37-38,55-56,63-66H,15-16,29-30,35-36,39-40H2. The Morgan fingerprint density at radius 2 is 0.697 bits per heavy atom. The smallest absolute Gasteiger partial charge is 0.128 e. The SMILES string of the molecule is Oc1c(CNC2CCCCC2NCc2cc3ccccc3c(-c3c(Cc4ccccc4)ccc4ccccc34)c2O)cc2ccccc2c1-c1c(Cc2ccccc2)ccc2ccccc12. The molecule has 10 aromatic carbocycles. The van der Waals surface area contributed by atoms with Crippen LogP contribution in [0.2, 0.25) is 0 Å². The number of nitrogens with one attached hydrogen (secondary N) is 2. The Bertz CT molecular complexity index is 3140. The van der Waals surface area contributed by atoms with E-state index in [0.29, 0.717) is 24.6 Å². The summed E-state index contributed by atoms with van der Waals surface area (Å²) in [4.78, 5) is 0. The van der Waals surface area contributed by atoms with Crippen molar-refractivity contribution in [3.63, 3.8) is 0 Å². The number of aromatic hydroxyl groups is 2. The number of hydrogen-bond donors (Lipinski definition) is 4. The van der Waals surface area contributed by atoms with Gasteiger partial charge < -0.3 is 20.8 Å². The topological polar surface area (TPSA) is 64.5 Å². The second kappa shape index (κ2) is 18.3. The van der Waals surface area contributed by atoms with E-state index in [9.17, 15) is 10.2 Å². The first-order valence-corrected chi connectivity index (χ1v) is 23.6. The number of phenolic OH excluding ortho intramolecular Hbond substituents is 2. The molecule has 1 aliphatic carbocycles. The lowest BCUT2D eigenvalue weighted by atomic mass is 9.85. The van der Waals surface area contributed by atoms with E-state index in [4.69, 9.17) is 0 Å². The van der Waals surface area contributed by atoms with Crippen molar-refractivity contribution in [3.8, 4) is 33.8 Å². The molecule has 0 aromatic heterocycles. The predicted molar refractivity (Wildman–Crippen MR) is 275 cm³/mol. The van der Waals surface area contributed by atoms with Gasteiger partial charge in [-0.2, -0.15) is 0 Å². The number of benzene rings is 10. The van der Waals surface area contributed by atoms with Crippen LogP contribution in [-0.4, -0.2) is 22.3 Å². The third-order valence-electron chi connectivity index (χ3n) is 14.1. The van der Waals surface area contributed by atoms with E-state index < -0.39 is 0 Å². The van der Waals surface area contributed by atoms with Gasteiger partial charge in [0.2, 0.25) is 0 Å². The van der Waals surface area contributed by atoms with Gasteiger partial charge in [0.15, 0.2) is 0 Å². The molecule has 0 bridgehead atoms. The molecule has 0 aliphatic heterocycles. The van der Waals surface area contributed by atoms with Crippen molar-refractivity contribution in [2.45, 2.75) is 63.7 Å². The number of rotatable bonds is 12. The summed E-state index contributed by atoms with van der Waals surface area (Å²) in [5.74, 6) is 0.668. The van der Waals surface area contributed by atoms with Gasteiger partial charge in [0, 0.05) is 47.4 Å². The fourth-order valence-corrected chi connectivity index (χ4v) is 10.8. The zero-order valence-corrected chi connectivity index (χ0v) is 37.2. The zero-order chi connectivity index (χ0) is 44.4. The summed E-state index contributed by atoms with van der Waals surface area (Å²) < 4.78 is 0. The van der Waals surface area contributed by atoms with Gasteiger partial charge in [0.25, 0.3) is 0 Å². The monoisotopic (exact) mass is 858 g/mol. The molecule has 1 fully saturated rings. The average molecular weight is 859 g/mol. The molecule has 2 atom stereocenters. The van der Waals surface area contributed by atoms with Crippen molar-refractivity contribution in [2.24, 2.45) is 0 Å². The van der Waals surface area contributed by atoms with Gasteiger partial charge in [0.1, 0.15) is 11.5 Å². The van der Waals surface area contributed by atoms with E-state index in [1.807, 2.05) is 0 Å². The fraction of sp³-hybridized carbons (Fsp3) is 0.161. The van der Waals surface area contributed by atoms with Crippen LogP contribution in [0, 0.1) is 0 Å². The Kier molecular flexibility index (Phi) is 11.5. The first-order chi connectivity index (χ1) is 32.6. The minimum atomic E-state index is 0.178. The number of phenols is 2. The lowest BCUT2D eigenvalue weighted by Crippen LogP contribution is -2.49. The van der Waals surface area contributed by atoms with Crippen molar-refractivity contribution in [3.05, 3.63) is 228 Å². The molecule has 1 saturated carbocycles. The highest BCUT2D eigenvalue weighted by atomic mass is 16.3. The van der Waals surface area contributed by atoms with Gasteiger partial charge in [-0.1, -0.05) is 195 Å². The van der Waals surface area contributed by atoms with Gasteiger partial charge in [-0.3, -0.25) is 0 Å². The van der Waals surface area contributed by atoms with Gasteiger partial charge in [-0.15, -0.1) is 0 Å². The second-order valence-electron chi connectivity index (χ2n) is 18.2. The molecule has 66 heavy (non-hydrogen) atoms.